The molecule has 0 spiro atoms. The first-order valence-corrected chi connectivity index (χ1v) is 4.76. The van der Waals surface area contributed by atoms with E-state index in [9.17, 15) is 9.59 Å². The second kappa shape index (κ2) is 4.02. The Kier molecular flexibility index (Phi) is 3.14. The molecule has 0 saturated heterocycles. The Morgan fingerprint density at radius 2 is 1.80 bits per heavy atom. The maximum atomic E-state index is 11.6. The molecule has 1 aliphatic carbocycles. The summed E-state index contributed by atoms with van der Waals surface area (Å²) in [5.41, 5.74) is -0.291. The van der Waals surface area contributed by atoms with E-state index in [1.54, 1.807) is 0 Å². The lowest BCUT2D eigenvalue weighted by Crippen LogP contribution is -2.40. The molecule has 15 heavy (non-hydrogen) atoms. The normalized spacial score (nSPS) is 19.1. The number of aliphatic carboxylic acids is 1. The lowest BCUT2D eigenvalue weighted by atomic mass is 10.1. The van der Waals surface area contributed by atoms with Gasteiger partial charge in [-0.05, 0) is 26.7 Å². The zero-order chi connectivity index (χ0) is 11.6. The molecule has 5 nitrogen and oxygen atoms in total. The van der Waals surface area contributed by atoms with Crippen molar-refractivity contribution in [2.75, 3.05) is 6.61 Å². The van der Waals surface area contributed by atoms with E-state index < -0.39 is 17.4 Å². The molecule has 1 fully saturated rings. The van der Waals surface area contributed by atoms with Gasteiger partial charge in [-0.2, -0.15) is 0 Å². The summed E-state index contributed by atoms with van der Waals surface area (Å²) in [4.78, 5) is 22.2. The number of amides is 1. The lowest BCUT2D eigenvalue weighted by Gasteiger charge is -2.14. The molecular weight excluding hydrogens is 198 g/mol. The van der Waals surface area contributed by atoms with Crippen molar-refractivity contribution >= 4 is 11.9 Å². The van der Waals surface area contributed by atoms with Crippen molar-refractivity contribution in [1.82, 2.24) is 5.32 Å². The third-order valence-electron chi connectivity index (χ3n) is 2.76. The summed E-state index contributed by atoms with van der Waals surface area (Å²) in [6.07, 6.45) is 1.49. The lowest BCUT2D eigenvalue weighted by molar-refractivity contribution is -0.133. The third kappa shape index (κ3) is 2.56. The van der Waals surface area contributed by atoms with Crippen LogP contribution in [0.5, 0.6) is 0 Å². The second-order valence-electron chi connectivity index (χ2n) is 3.95. The Labute approximate surface area is 87.8 Å². The summed E-state index contributed by atoms with van der Waals surface area (Å²) < 4.78 is 0. The van der Waals surface area contributed by atoms with Crippen molar-refractivity contribution < 1.29 is 19.8 Å². The topological polar surface area (TPSA) is 86.6 Å². The van der Waals surface area contributed by atoms with Gasteiger partial charge < -0.3 is 15.5 Å². The summed E-state index contributed by atoms with van der Waals surface area (Å²) in [5.74, 6) is -1.52. The van der Waals surface area contributed by atoms with Crippen LogP contribution in [0.3, 0.4) is 0 Å². The molecule has 0 heterocycles. The standard InChI is InChI=1S/C10H15NO4/c1-6(7(2)9(14)15)8(13)11-10(5-12)3-4-10/h12H,3-5H2,1-2H3,(H,11,13)(H,14,15). The molecule has 0 aromatic heterocycles. The minimum absolute atomic E-state index is 0.0289. The van der Waals surface area contributed by atoms with Crippen molar-refractivity contribution in [2.24, 2.45) is 0 Å². The average Bonchev–Trinajstić information content (AvgIpc) is 2.96. The molecular formula is C10H15NO4. The minimum Gasteiger partial charge on any atom is -0.478 e. The van der Waals surface area contributed by atoms with Crippen molar-refractivity contribution in [3.05, 3.63) is 11.1 Å². The van der Waals surface area contributed by atoms with E-state index in [4.69, 9.17) is 10.2 Å². The van der Waals surface area contributed by atoms with E-state index in [2.05, 4.69) is 5.32 Å². The molecule has 0 radical (unpaired) electrons. The molecule has 0 aliphatic heterocycles. The first kappa shape index (κ1) is 11.7. The zero-order valence-corrected chi connectivity index (χ0v) is 8.83. The second-order valence-corrected chi connectivity index (χ2v) is 3.95. The number of aliphatic hydroxyl groups excluding tert-OH is 1. The maximum absolute atomic E-state index is 11.6. The maximum Gasteiger partial charge on any atom is 0.331 e. The Bertz CT molecular complexity index is 328. The van der Waals surface area contributed by atoms with E-state index >= 15 is 0 Å². The van der Waals surface area contributed by atoms with E-state index in [1.807, 2.05) is 0 Å². The number of carboxylic acids is 1. The van der Waals surface area contributed by atoms with Gasteiger partial charge in [-0.1, -0.05) is 0 Å². The van der Waals surface area contributed by atoms with Gasteiger partial charge >= 0.3 is 5.97 Å². The van der Waals surface area contributed by atoms with Crippen molar-refractivity contribution in [3.8, 4) is 0 Å². The predicted octanol–water partition coefficient (Wildman–Crippen LogP) is 0.0485. The third-order valence-corrected chi connectivity index (χ3v) is 2.76. The molecule has 1 rings (SSSR count). The van der Waals surface area contributed by atoms with Gasteiger partial charge in [-0.15, -0.1) is 0 Å². The number of rotatable bonds is 4. The molecule has 1 saturated carbocycles. The fraction of sp³-hybridized carbons (Fsp3) is 0.600. The largest absolute Gasteiger partial charge is 0.478 e. The van der Waals surface area contributed by atoms with Crippen LogP contribution in [-0.2, 0) is 9.59 Å². The number of nitrogens with one attached hydrogen (secondary N) is 1. The van der Waals surface area contributed by atoms with Gasteiger partial charge in [-0.3, -0.25) is 4.79 Å². The quantitative estimate of drug-likeness (QED) is 0.576. The van der Waals surface area contributed by atoms with Crippen LogP contribution < -0.4 is 5.32 Å². The fourth-order valence-electron chi connectivity index (χ4n) is 1.14. The molecule has 0 unspecified atom stereocenters. The van der Waals surface area contributed by atoms with Crippen LogP contribution in [0, 0.1) is 0 Å². The summed E-state index contributed by atoms with van der Waals surface area (Å²) in [6.45, 7) is 2.75. The van der Waals surface area contributed by atoms with Crippen molar-refractivity contribution in [1.29, 1.82) is 0 Å². The highest BCUT2D eigenvalue weighted by Crippen LogP contribution is 2.34. The number of hydrogen-bond acceptors (Lipinski definition) is 3. The zero-order valence-electron chi connectivity index (χ0n) is 8.83. The summed E-state index contributed by atoms with van der Waals surface area (Å²) in [5, 5.41) is 20.3. The highest BCUT2D eigenvalue weighted by atomic mass is 16.4. The van der Waals surface area contributed by atoms with Gasteiger partial charge in [0.2, 0.25) is 5.91 Å². The van der Waals surface area contributed by atoms with Crippen LogP contribution >= 0.6 is 0 Å². The molecule has 0 atom stereocenters. The Morgan fingerprint density at radius 1 is 1.27 bits per heavy atom. The molecule has 84 valence electrons. The highest BCUT2D eigenvalue weighted by Gasteiger charge is 2.43. The SMILES string of the molecule is CC(C(=O)O)=C(C)C(=O)NC1(CO)CC1. The van der Waals surface area contributed by atoms with Crippen LogP contribution in [0.2, 0.25) is 0 Å². The molecule has 0 aromatic rings. The van der Waals surface area contributed by atoms with E-state index in [1.165, 1.54) is 13.8 Å². The number of carbonyl (C=O) groups excluding carboxylic acids is 1. The summed E-state index contributed by atoms with van der Waals surface area (Å²) >= 11 is 0. The fourth-order valence-corrected chi connectivity index (χ4v) is 1.14. The number of hydrogen-bond donors (Lipinski definition) is 3. The highest BCUT2D eigenvalue weighted by molar-refractivity contribution is 6.01. The van der Waals surface area contributed by atoms with Crippen LogP contribution in [0.1, 0.15) is 26.7 Å². The summed E-state index contributed by atoms with van der Waals surface area (Å²) in [6, 6.07) is 0. The van der Waals surface area contributed by atoms with Crippen LogP contribution in [0.4, 0.5) is 0 Å². The van der Waals surface area contributed by atoms with Gasteiger partial charge in [0.05, 0.1) is 12.1 Å². The number of aliphatic hydroxyl groups is 1. The van der Waals surface area contributed by atoms with Crippen LogP contribution in [0.15, 0.2) is 11.1 Å². The molecule has 0 aromatic carbocycles. The number of carbonyl (C=O) groups is 2. The Hall–Kier alpha value is -1.36. The predicted molar refractivity (Wildman–Crippen MR) is 53.2 cm³/mol. The van der Waals surface area contributed by atoms with Crippen LogP contribution in [-0.4, -0.2) is 34.2 Å². The van der Waals surface area contributed by atoms with Crippen LogP contribution in [0.25, 0.3) is 0 Å². The Balaban J connectivity index is 2.69. The van der Waals surface area contributed by atoms with E-state index in [0.717, 1.165) is 12.8 Å². The van der Waals surface area contributed by atoms with Crippen molar-refractivity contribution in [3.63, 3.8) is 0 Å². The summed E-state index contributed by atoms with van der Waals surface area (Å²) in [7, 11) is 0. The monoisotopic (exact) mass is 213 g/mol. The Morgan fingerprint density at radius 3 is 2.13 bits per heavy atom. The number of carboxylic acid groups (broad SMARTS) is 1. The van der Waals surface area contributed by atoms with Gasteiger partial charge in [0.15, 0.2) is 0 Å². The molecule has 5 heteroatoms. The van der Waals surface area contributed by atoms with Gasteiger partial charge in [0.25, 0.3) is 0 Å². The first-order valence-electron chi connectivity index (χ1n) is 4.76. The van der Waals surface area contributed by atoms with Crippen molar-refractivity contribution in [2.45, 2.75) is 32.2 Å². The first-order chi connectivity index (χ1) is 6.92. The van der Waals surface area contributed by atoms with Gasteiger partial charge in [0, 0.05) is 11.1 Å². The van der Waals surface area contributed by atoms with Gasteiger partial charge in [-0.25, -0.2) is 4.79 Å². The van der Waals surface area contributed by atoms with Gasteiger partial charge in [0.1, 0.15) is 0 Å². The molecule has 3 N–H and O–H groups in total. The smallest absolute Gasteiger partial charge is 0.331 e. The average molecular weight is 213 g/mol. The minimum atomic E-state index is -1.10. The van der Waals surface area contributed by atoms with E-state index in [-0.39, 0.29) is 17.8 Å². The molecule has 0 bridgehead atoms. The van der Waals surface area contributed by atoms with E-state index in [0.29, 0.717) is 0 Å². The molecule has 1 aliphatic rings. The molecule has 1 amide bonds.